The van der Waals surface area contributed by atoms with Gasteiger partial charge in [0, 0.05) is 29.3 Å². The highest BCUT2D eigenvalue weighted by Gasteiger charge is 2.27. The number of hydrogen-bond donors (Lipinski definition) is 1. The van der Waals surface area contributed by atoms with E-state index in [9.17, 15) is 0 Å². The lowest BCUT2D eigenvalue weighted by Crippen LogP contribution is -2.34. The highest BCUT2D eigenvalue weighted by atomic mass is 35.5. The Morgan fingerprint density at radius 3 is 2.75 bits per heavy atom. The van der Waals surface area contributed by atoms with Crippen molar-refractivity contribution in [1.29, 1.82) is 0 Å². The van der Waals surface area contributed by atoms with E-state index < -0.39 is 0 Å². The predicted molar refractivity (Wildman–Crippen MR) is 122 cm³/mol. The number of nitrogens with zero attached hydrogens (tertiary/aromatic N) is 1. The SMILES string of the molecule is CCCSN(C)CCOc1ccc2c(c1)C(Cc1ccc(Cl)cc1)C(N)CC2. The van der Waals surface area contributed by atoms with Crippen LogP contribution in [-0.4, -0.2) is 36.3 Å². The lowest BCUT2D eigenvalue weighted by molar-refractivity contribution is 0.293. The molecule has 28 heavy (non-hydrogen) atoms. The minimum absolute atomic E-state index is 0.176. The van der Waals surface area contributed by atoms with Gasteiger partial charge < -0.3 is 10.5 Å². The van der Waals surface area contributed by atoms with Gasteiger partial charge >= 0.3 is 0 Å². The summed E-state index contributed by atoms with van der Waals surface area (Å²) >= 11 is 7.90. The second-order valence-corrected chi connectivity index (χ2v) is 9.26. The summed E-state index contributed by atoms with van der Waals surface area (Å²) in [5.41, 5.74) is 10.6. The Hall–Kier alpha value is -1.20. The van der Waals surface area contributed by atoms with Gasteiger partial charge in [0.05, 0.1) is 0 Å². The van der Waals surface area contributed by atoms with Crippen LogP contribution in [0.3, 0.4) is 0 Å². The molecule has 2 aromatic carbocycles. The zero-order valence-corrected chi connectivity index (χ0v) is 18.4. The summed E-state index contributed by atoms with van der Waals surface area (Å²) < 4.78 is 8.31. The quantitative estimate of drug-likeness (QED) is 0.560. The molecule has 0 radical (unpaired) electrons. The third-order valence-electron chi connectivity index (χ3n) is 5.34. The van der Waals surface area contributed by atoms with Crippen molar-refractivity contribution in [2.45, 2.75) is 44.6 Å². The zero-order chi connectivity index (χ0) is 19.9. The molecule has 2 aromatic rings. The first-order chi connectivity index (χ1) is 13.6. The van der Waals surface area contributed by atoms with Crippen LogP contribution in [0.1, 0.15) is 42.4 Å². The van der Waals surface area contributed by atoms with E-state index >= 15 is 0 Å². The Labute approximate surface area is 178 Å². The summed E-state index contributed by atoms with van der Waals surface area (Å²) in [6.07, 6.45) is 4.20. The highest BCUT2D eigenvalue weighted by molar-refractivity contribution is 7.96. The number of aryl methyl sites for hydroxylation is 1. The van der Waals surface area contributed by atoms with Crippen LogP contribution in [0, 0.1) is 0 Å². The van der Waals surface area contributed by atoms with Crippen molar-refractivity contribution in [1.82, 2.24) is 4.31 Å². The van der Waals surface area contributed by atoms with Gasteiger partial charge in [-0.1, -0.05) is 48.7 Å². The van der Waals surface area contributed by atoms with Crippen LogP contribution < -0.4 is 10.5 Å². The van der Waals surface area contributed by atoms with E-state index in [0.717, 1.165) is 42.3 Å². The molecule has 0 spiro atoms. The summed E-state index contributed by atoms with van der Waals surface area (Å²) in [4.78, 5) is 0. The molecule has 152 valence electrons. The average molecular weight is 419 g/mol. The molecule has 1 aliphatic rings. The maximum atomic E-state index is 6.53. The van der Waals surface area contributed by atoms with Crippen molar-refractivity contribution < 1.29 is 4.74 Å². The summed E-state index contributed by atoms with van der Waals surface area (Å²) in [5.74, 6) is 2.42. The van der Waals surface area contributed by atoms with Gasteiger partial charge in [0.25, 0.3) is 0 Å². The van der Waals surface area contributed by atoms with E-state index in [-0.39, 0.29) is 6.04 Å². The molecule has 5 heteroatoms. The molecule has 0 saturated heterocycles. The van der Waals surface area contributed by atoms with Gasteiger partial charge in [-0.3, -0.25) is 4.31 Å². The van der Waals surface area contributed by atoms with Crippen LogP contribution in [0.25, 0.3) is 0 Å². The third-order valence-corrected chi connectivity index (χ3v) is 6.81. The normalized spacial score (nSPS) is 18.9. The lowest BCUT2D eigenvalue weighted by Gasteiger charge is -2.32. The van der Waals surface area contributed by atoms with Crippen molar-refractivity contribution in [3.05, 3.63) is 64.2 Å². The first-order valence-corrected chi connectivity index (χ1v) is 11.5. The summed E-state index contributed by atoms with van der Waals surface area (Å²) in [5, 5.41) is 0.773. The Morgan fingerprint density at radius 1 is 1.21 bits per heavy atom. The van der Waals surface area contributed by atoms with E-state index in [1.165, 1.54) is 23.1 Å². The standard InChI is InChI=1S/C23H31ClN2OS/c1-3-14-28-26(2)12-13-27-20-10-6-18-7-11-23(25)22(21(18)16-20)15-17-4-8-19(24)9-5-17/h4-6,8-10,16,22-23H,3,7,11-15,25H2,1-2H3. The first kappa shape index (κ1) is 21.5. The Kier molecular flexibility index (Phi) is 8.10. The van der Waals surface area contributed by atoms with Gasteiger partial charge in [-0.25, -0.2) is 0 Å². The van der Waals surface area contributed by atoms with Crippen LogP contribution in [0.4, 0.5) is 0 Å². The molecule has 0 aliphatic heterocycles. The molecule has 0 heterocycles. The fourth-order valence-corrected chi connectivity index (χ4v) is 4.55. The Bertz CT molecular complexity index is 753. The zero-order valence-electron chi connectivity index (χ0n) is 16.9. The summed E-state index contributed by atoms with van der Waals surface area (Å²) in [6, 6.07) is 14.8. The molecular formula is C23H31ClN2OS. The summed E-state index contributed by atoms with van der Waals surface area (Å²) in [7, 11) is 2.12. The van der Waals surface area contributed by atoms with Gasteiger partial charge in [0.15, 0.2) is 0 Å². The highest BCUT2D eigenvalue weighted by Crippen LogP contribution is 2.36. The van der Waals surface area contributed by atoms with E-state index in [1.807, 2.05) is 24.1 Å². The van der Waals surface area contributed by atoms with Crippen LogP contribution in [0.2, 0.25) is 5.02 Å². The van der Waals surface area contributed by atoms with Gasteiger partial charge in [-0.2, -0.15) is 0 Å². The molecule has 0 fully saturated rings. The smallest absolute Gasteiger partial charge is 0.119 e. The number of hydrogen-bond acceptors (Lipinski definition) is 4. The number of benzene rings is 2. The number of ether oxygens (including phenoxy) is 1. The second-order valence-electron chi connectivity index (χ2n) is 7.53. The van der Waals surface area contributed by atoms with Gasteiger partial charge in [0.1, 0.15) is 12.4 Å². The Balaban J connectivity index is 1.67. The van der Waals surface area contributed by atoms with Crippen LogP contribution in [0.5, 0.6) is 5.75 Å². The first-order valence-electron chi connectivity index (χ1n) is 10.2. The topological polar surface area (TPSA) is 38.5 Å². The van der Waals surface area contributed by atoms with Crippen LogP contribution in [0.15, 0.2) is 42.5 Å². The number of fused-ring (bicyclic) bond motifs is 1. The molecule has 1 aliphatic carbocycles. The van der Waals surface area contributed by atoms with Crippen LogP contribution in [-0.2, 0) is 12.8 Å². The molecule has 3 rings (SSSR count). The van der Waals surface area contributed by atoms with Crippen LogP contribution >= 0.6 is 23.5 Å². The lowest BCUT2D eigenvalue weighted by atomic mass is 9.76. The van der Waals surface area contributed by atoms with E-state index in [4.69, 9.17) is 22.1 Å². The maximum absolute atomic E-state index is 6.53. The maximum Gasteiger partial charge on any atom is 0.119 e. The van der Waals surface area contributed by atoms with Crippen molar-refractivity contribution >= 4 is 23.5 Å². The van der Waals surface area contributed by atoms with Crippen molar-refractivity contribution in [2.24, 2.45) is 5.73 Å². The molecule has 2 unspecified atom stereocenters. The molecule has 3 nitrogen and oxygen atoms in total. The monoisotopic (exact) mass is 418 g/mol. The van der Waals surface area contributed by atoms with Gasteiger partial charge in [0.2, 0.25) is 0 Å². The average Bonchev–Trinajstić information content (AvgIpc) is 2.70. The van der Waals surface area contributed by atoms with E-state index in [0.29, 0.717) is 12.5 Å². The third kappa shape index (κ3) is 5.90. The minimum Gasteiger partial charge on any atom is -0.492 e. The number of likely N-dealkylation sites (N-methyl/N-ethyl adjacent to an activating group) is 1. The molecule has 2 N–H and O–H groups in total. The fraction of sp³-hybridized carbons (Fsp3) is 0.478. The molecule has 2 atom stereocenters. The van der Waals surface area contributed by atoms with Crippen molar-refractivity contribution in [2.75, 3.05) is 26.0 Å². The van der Waals surface area contributed by atoms with Crippen molar-refractivity contribution in [3.63, 3.8) is 0 Å². The molecule has 0 saturated carbocycles. The number of rotatable bonds is 9. The van der Waals surface area contributed by atoms with Crippen molar-refractivity contribution in [3.8, 4) is 5.75 Å². The largest absolute Gasteiger partial charge is 0.492 e. The minimum atomic E-state index is 0.176. The molecule has 0 aromatic heterocycles. The summed E-state index contributed by atoms with van der Waals surface area (Å²) in [6.45, 7) is 3.81. The van der Waals surface area contributed by atoms with E-state index in [2.05, 4.69) is 48.6 Å². The molecule has 0 bridgehead atoms. The number of halogens is 1. The Morgan fingerprint density at radius 2 is 2.00 bits per heavy atom. The fourth-order valence-electron chi connectivity index (χ4n) is 3.73. The molecule has 0 amide bonds. The number of nitrogens with two attached hydrogens (primary N) is 1. The van der Waals surface area contributed by atoms with Gasteiger partial charge in [-0.05, 0) is 73.7 Å². The second kappa shape index (κ2) is 10.5. The van der Waals surface area contributed by atoms with Gasteiger partial charge in [-0.15, -0.1) is 0 Å². The van der Waals surface area contributed by atoms with E-state index in [1.54, 1.807) is 0 Å². The molecular weight excluding hydrogens is 388 g/mol. The predicted octanol–water partition coefficient (Wildman–Crippen LogP) is 5.31.